The van der Waals surface area contributed by atoms with E-state index in [4.69, 9.17) is 11.5 Å². The van der Waals surface area contributed by atoms with Crippen LogP contribution >= 0.6 is 0 Å². The molecule has 16 heavy (non-hydrogen) atoms. The third kappa shape index (κ3) is 6.53. The van der Waals surface area contributed by atoms with Gasteiger partial charge in [0.15, 0.2) is 0 Å². The number of hydrogen-bond donors (Lipinski definition) is 3. The molecule has 8 heteroatoms. The Labute approximate surface area is 89.0 Å². The quantitative estimate of drug-likeness (QED) is 0.617. The van der Waals surface area contributed by atoms with E-state index in [0.717, 1.165) is 0 Å². The summed E-state index contributed by atoms with van der Waals surface area (Å²) in [6.45, 7) is -1.54. The maximum absolute atomic E-state index is 11.7. The molecule has 2 amide bonds. The van der Waals surface area contributed by atoms with Crippen LogP contribution in [0.15, 0.2) is 0 Å². The van der Waals surface area contributed by atoms with Gasteiger partial charge in [0.1, 0.15) is 12.6 Å². The number of carbonyl (C=O) groups excluding carboxylic acids is 1. The van der Waals surface area contributed by atoms with Crippen LogP contribution in [0, 0.1) is 12.3 Å². The van der Waals surface area contributed by atoms with E-state index in [0.29, 0.717) is 0 Å². The predicted octanol–water partition coefficient (Wildman–Crippen LogP) is 0.324. The summed E-state index contributed by atoms with van der Waals surface area (Å²) in [4.78, 5) is 21.3. The van der Waals surface area contributed by atoms with E-state index in [1.54, 1.807) is 5.32 Å². The SMILES string of the molecule is C#CCC(NC(=O)NCC(F)(F)F)C(=O)O. The number of carboxylic acid groups (broad SMARTS) is 1. The summed E-state index contributed by atoms with van der Waals surface area (Å²) in [5, 5.41) is 11.8. The minimum Gasteiger partial charge on any atom is -0.480 e. The number of alkyl halides is 3. The Hall–Kier alpha value is -1.91. The molecule has 90 valence electrons. The van der Waals surface area contributed by atoms with Gasteiger partial charge in [0, 0.05) is 6.42 Å². The van der Waals surface area contributed by atoms with Crippen LogP contribution in [0.4, 0.5) is 18.0 Å². The molecule has 0 fully saturated rings. The first-order valence-corrected chi connectivity index (χ1v) is 4.03. The highest BCUT2D eigenvalue weighted by atomic mass is 19.4. The van der Waals surface area contributed by atoms with Gasteiger partial charge >= 0.3 is 18.2 Å². The van der Waals surface area contributed by atoms with Crippen molar-refractivity contribution < 1.29 is 27.9 Å². The van der Waals surface area contributed by atoms with Gasteiger partial charge in [-0.1, -0.05) is 0 Å². The van der Waals surface area contributed by atoms with E-state index in [-0.39, 0.29) is 6.42 Å². The van der Waals surface area contributed by atoms with Crippen LogP contribution in [0.5, 0.6) is 0 Å². The topological polar surface area (TPSA) is 78.4 Å². The fourth-order valence-electron chi connectivity index (χ4n) is 0.708. The first-order chi connectivity index (χ1) is 7.26. The number of aliphatic carboxylic acids is 1. The fraction of sp³-hybridized carbons (Fsp3) is 0.500. The van der Waals surface area contributed by atoms with E-state index in [1.165, 1.54) is 5.32 Å². The maximum Gasteiger partial charge on any atom is 0.405 e. The standard InChI is InChI=1S/C8H9F3N2O3/c1-2-3-5(6(14)15)13-7(16)12-4-8(9,10)11/h1,5H,3-4H2,(H,14,15)(H2,12,13,16). The van der Waals surface area contributed by atoms with Gasteiger partial charge in [0.2, 0.25) is 0 Å². The lowest BCUT2D eigenvalue weighted by Gasteiger charge is -2.13. The number of amides is 2. The smallest absolute Gasteiger partial charge is 0.405 e. The zero-order chi connectivity index (χ0) is 12.8. The van der Waals surface area contributed by atoms with Crippen LogP contribution < -0.4 is 10.6 Å². The molecule has 0 saturated carbocycles. The molecule has 0 rings (SSSR count). The fourth-order valence-corrected chi connectivity index (χ4v) is 0.708. The summed E-state index contributed by atoms with van der Waals surface area (Å²) in [5.41, 5.74) is 0. The molecule has 0 aromatic rings. The second-order valence-electron chi connectivity index (χ2n) is 2.74. The van der Waals surface area contributed by atoms with Crippen LogP contribution in [0.1, 0.15) is 6.42 Å². The summed E-state index contributed by atoms with van der Waals surface area (Å²) in [7, 11) is 0. The molecule has 3 N–H and O–H groups in total. The van der Waals surface area contributed by atoms with E-state index in [1.807, 2.05) is 5.92 Å². The van der Waals surface area contributed by atoms with Crippen LogP contribution in [-0.4, -0.2) is 35.9 Å². The molecule has 0 heterocycles. The Kier molecular flexibility index (Phi) is 5.15. The van der Waals surface area contributed by atoms with Crippen molar-refractivity contribution in [3.8, 4) is 12.3 Å². The molecule has 0 aliphatic heterocycles. The number of terminal acetylenes is 1. The first-order valence-electron chi connectivity index (χ1n) is 4.03. The Morgan fingerprint density at radius 2 is 2.00 bits per heavy atom. The zero-order valence-corrected chi connectivity index (χ0v) is 7.97. The summed E-state index contributed by atoms with van der Waals surface area (Å²) in [5.74, 6) is 0.565. The summed E-state index contributed by atoms with van der Waals surface area (Å²) in [6, 6.07) is -2.64. The number of urea groups is 1. The highest BCUT2D eigenvalue weighted by Crippen LogP contribution is 2.11. The Morgan fingerprint density at radius 1 is 1.44 bits per heavy atom. The van der Waals surface area contributed by atoms with Crippen molar-refractivity contribution in [3.63, 3.8) is 0 Å². The molecule has 0 spiro atoms. The van der Waals surface area contributed by atoms with Crippen LogP contribution in [-0.2, 0) is 4.79 Å². The summed E-state index contributed by atoms with van der Waals surface area (Å²) < 4.78 is 35.0. The largest absolute Gasteiger partial charge is 0.480 e. The third-order valence-electron chi connectivity index (χ3n) is 1.37. The van der Waals surface area contributed by atoms with E-state index in [2.05, 4.69) is 0 Å². The van der Waals surface area contributed by atoms with Crippen molar-refractivity contribution in [1.29, 1.82) is 0 Å². The molecule has 1 unspecified atom stereocenters. The van der Waals surface area contributed by atoms with Crippen molar-refractivity contribution >= 4 is 12.0 Å². The molecule has 5 nitrogen and oxygen atoms in total. The zero-order valence-electron chi connectivity index (χ0n) is 7.97. The molecule has 0 bridgehead atoms. The van der Waals surface area contributed by atoms with Gasteiger partial charge in [0.25, 0.3) is 0 Å². The number of halogens is 3. The van der Waals surface area contributed by atoms with Gasteiger partial charge < -0.3 is 15.7 Å². The number of hydrogen-bond acceptors (Lipinski definition) is 2. The number of nitrogens with one attached hydrogen (secondary N) is 2. The molecule has 0 aliphatic carbocycles. The van der Waals surface area contributed by atoms with Crippen molar-refractivity contribution in [2.45, 2.75) is 18.6 Å². The van der Waals surface area contributed by atoms with E-state index < -0.39 is 30.8 Å². The highest BCUT2D eigenvalue weighted by Gasteiger charge is 2.28. The second-order valence-corrected chi connectivity index (χ2v) is 2.74. The Bertz CT molecular complexity index is 309. The normalized spacial score (nSPS) is 12.4. The third-order valence-corrected chi connectivity index (χ3v) is 1.37. The number of carboxylic acids is 1. The van der Waals surface area contributed by atoms with Crippen molar-refractivity contribution in [2.24, 2.45) is 0 Å². The van der Waals surface area contributed by atoms with Crippen LogP contribution in [0.3, 0.4) is 0 Å². The molecule has 0 aliphatic rings. The first kappa shape index (κ1) is 14.1. The number of rotatable bonds is 4. The molecule has 0 radical (unpaired) electrons. The van der Waals surface area contributed by atoms with Crippen LogP contribution in [0.2, 0.25) is 0 Å². The van der Waals surface area contributed by atoms with Crippen molar-refractivity contribution in [3.05, 3.63) is 0 Å². The lowest BCUT2D eigenvalue weighted by Crippen LogP contribution is -2.48. The lowest BCUT2D eigenvalue weighted by molar-refractivity contribution is -0.139. The average molecular weight is 238 g/mol. The highest BCUT2D eigenvalue weighted by molar-refractivity contribution is 5.82. The van der Waals surface area contributed by atoms with Crippen molar-refractivity contribution in [1.82, 2.24) is 10.6 Å². The monoisotopic (exact) mass is 238 g/mol. The van der Waals surface area contributed by atoms with Gasteiger partial charge in [-0.2, -0.15) is 13.2 Å². The maximum atomic E-state index is 11.7. The molecule has 0 saturated heterocycles. The Balaban J connectivity index is 4.12. The van der Waals surface area contributed by atoms with Gasteiger partial charge in [-0.15, -0.1) is 12.3 Å². The average Bonchev–Trinajstić information content (AvgIpc) is 2.13. The number of carbonyl (C=O) groups is 2. The molecular formula is C8H9F3N2O3. The van der Waals surface area contributed by atoms with Gasteiger partial charge in [0.05, 0.1) is 0 Å². The van der Waals surface area contributed by atoms with Gasteiger partial charge in [-0.25, -0.2) is 9.59 Å². The van der Waals surface area contributed by atoms with Gasteiger partial charge in [-0.05, 0) is 0 Å². The predicted molar refractivity (Wildman–Crippen MR) is 47.5 cm³/mol. The van der Waals surface area contributed by atoms with E-state index in [9.17, 15) is 22.8 Å². The molecular weight excluding hydrogens is 229 g/mol. The lowest BCUT2D eigenvalue weighted by atomic mass is 10.2. The molecule has 0 aromatic heterocycles. The summed E-state index contributed by atoms with van der Waals surface area (Å²) in [6.07, 6.45) is -0.0430. The van der Waals surface area contributed by atoms with E-state index >= 15 is 0 Å². The molecule has 0 aromatic carbocycles. The Morgan fingerprint density at radius 3 is 2.38 bits per heavy atom. The van der Waals surface area contributed by atoms with Gasteiger partial charge in [-0.3, -0.25) is 0 Å². The molecule has 1 atom stereocenters. The minimum absolute atomic E-state index is 0.311. The minimum atomic E-state index is -4.55. The van der Waals surface area contributed by atoms with Crippen LogP contribution in [0.25, 0.3) is 0 Å². The summed E-state index contributed by atoms with van der Waals surface area (Å²) >= 11 is 0. The second kappa shape index (κ2) is 5.85. The van der Waals surface area contributed by atoms with Crippen molar-refractivity contribution in [2.75, 3.05) is 6.54 Å².